The van der Waals surface area contributed by atoms with E-state index in [4.69, 9.17) is 4.74 Å². The lowest BCUT2D eigenvalue weighted by atomic mass is 9.97. The summed E-state index contributed by atoms with van der Waals surface area (Å²) in [5.74, 6) is 0.608. The number of fused-ring (bicyclic) bond motifs is 1. The van der Waals surface area contributed by atoms with Gasteiger partial charge in [-0.25, -0.2) is 0 Å². The van der Waals surface area contributed by atoms with Crippen LogP contribution in [0.25, 0.3) is 0 Å². The molecule has 0 N–H and O–H groups in total. The fourth-order valence-corrected chi connectivity index (χ4v) is 2.49. The molecular formula is C15H21NO2. The van der Waals surface area contributed by atoms with Crippen LogP contribution in [0.15, 0.2) is 24.3 Å². The zero-order valence-corrected chi connectivity index (χ0v) is 11.3. The van der Waals surface area contributed by atoms with Crippen LogP contribution in [-0.4, -0.2) is 19.6 Å². The number of nitrogens with zero attached hydrogens (tertiary/aromatic N) is 1. The first-order valence-corrected chi connectivity index (χ1v) is 6.55. The van der Waals surface area contributed by atoms with Crippen molar-refractivity contribution >= 4 is 11.6 Å². The minimum atomic E-state index is 0.115. The molecule has 3 heteroatoms. The molecule has 1 aliphatic heterocycles. The summed E-state index contributed by atoms with van der Waals surface area (Å²) in [6, 6.07) is 8.05. The summed E-state index contributed by atoms with van der Waals surface area (Å²) in [5.41, 5.74) is 2.14. The average molecular weight is 247 g/mol. The Kier molecular flexibility index (Phi) is 4.02. The smallest absolute Gasteiger partial charge is 0.227 e. The van der Waals surface area contributed by atoms with Gasteiger partial charge in [0.1, 0.15) is 0 Å². The van der Waals surface area contributed by atoms with Crippen LogP contribution in [0.3, 0.4) is 0 Å². The van der Waals surface area contributed by atoms with Gasteiger partial charge in [0.05, 0.1) is 6.10 Å². The highest BCUT2D eigenvalue weighted by Crippen LogP contribution is 2.35. The number of para-hydroxylation sites is 1. The van der Waals surface area contributed by atoms with E-state index in [0.717, 1.165) is 24.2 Å². The van der Waals surface area contributed by atoms with Gasteiger partial charge in [0.15, 0.2) is 0 Å². The van der Waals surface area contributed by atoms with Gasteiger partial charge < -0.3 is 9.64 Å². The first-order valence-electron chi connectivity index (χ1n) is 6.55. The van der Waals surface area contributed by atoms with Crippen LogP contribution in [0.4, 0.5) is 5.69 Å². The average Bonchev–Trinajstić information content (AvgIpc) is 2.36. The number of hydrogen-bond donors (Lipinski definition) is 0. The molecule has 3 nitrogen and oxygen atoms in total. The maximum absolute atomic E-state index is 12.3. The highest BCUT2D eigenvalue weighted by molar-refractivity contribution is 5.94. The highest BCUT2D eigenvalue weighted by Gasteiger charge is 2.28. The molecule has 1 amide bonds. The Bertz CT molecular complexity index is 428. The Morgan fingerprint density at radius 2 is 2.17 bits per heavy atom. The topological polar surface area (TPSA) is 29.5 Å². The van der Waals surface area contributed by atoms with E-state index in [1.165, 1.54) is 0 Å². The van der Waals surface area contributed by atoms with E-state index < -0.39 is 0 Å². The van der Waals surface area contributed by atoms with Gasteiger partial charge >= 0.3 is 0 Å². The SMILES string of the molecule is COC1CCN(C(=O)CC(C)C)c2ccccc21. The molecule has 0 radical (unpaired) electrons. The normalized spacial score (nSPS) is 18.9. The van der Waals surface area contributed by atoms with E-state index in [-0.39, 0.29) is 12.0 Å². The van der Waals surface area contributed by atoms with E-state index >= 15 is 0 Å². The van der Waals surface area contributed by atoms with Crippen molar-refractivity contribution in [1.29, 1.82) is 0 Å². The third kappa shape index (κ3) is 2.56. The molecule has 0 saturated heterocycles. The number of hydrogen-bond acceptors (Lipinski definition) is 2. The molecule has 1 heterocycles. The molecule has 1 aromatic rings. The Labute approximate surface area is 109 Å². The number of ether oxygens (including phenoxy) is 1. The van der Waals surface area contributed by atoms with Crippen LogP contribution >= 0.6 is 0 Å². The van der Waals surface area contributed by atoms with Crippen molar-refractivity contribution < 1.29 is 9.53 Å². The van der Waals surface area contributed by atoms with E-state index in [9.17, 15) is 4.79 Å². The lowest BCUT2D eigenvalue weighted by Crippen LogP contribution is -2.37. The molecule has 2 rings (SSSR count). The maximum Gasteiger partial charge on any atom is 0.227 e. The van der Waals surface area contributed by atoms with Crippen molar-refractivity contribution in [2.45, 2.75) is 32.8 Å². The van der Waals surface area contributed by atoms with Crippen LogP contribution in [0, 0.1) is 5.92 Å². The van der Waals surface area contributed by atoms with Gasteiger partial charge in [-0.15, -0.1) is 0 Å². The number of carbonyl (C=O) groups is 1. The van der Waals surface area contributed by atoms with Gasteiger partial charge in [-0.2, -0.15) is 0 Å². The van der Waals surface area contributed by atoms with E-state index in [0.29, 0.717) is 12.3 Å². The summed E-state index contributed by atoms with van der Waals surface area (Å²) >= 11 is 0. The number of carbonyl (C=O) groups excluding carboxylic acids is 1. The summed E-state index contributed by atoms with van der Waals surface area (Å²) in [6.07, 6.45) is 1.59. The molecule has 98 valence electrons. The summed E-state index contributed by atoms with van der Waals surface area (Å²) in [6.45, 7) is 4.90. The molecule has 1 atom stereocenters. The molecule has 0 spiro atoms. The van der Waals surface area contributed by atoms with Gasteiger partial charge in [-0.05, 0) is 18.4 Å². The molecule has 18 heavy (non-hydrogen) atoms. The summed E-state index contributed by atoms with van der Waals surface area (Å²) in [7, 11) is 1.73. The molecular weight excluding hydrogens is 226 g/mol. The molecule has 1 unspecified atom stereocenters. The fraction of sp³-hybridized carbons (Fsp3) is 0.533. The van der Waals surface area contributed by atoms with Crippen molar-refractivity contribution in [2.75, 3.05) is 18.6 Å². The number of methoxy groups -OCH3 is 1. The van der Waals surface area contributed by atoms with Crippen LogP contribution in [0.2, 0.25) is 0 Å². The van der Waals surface area contributed by atoms with Gasteiger partial charge in [0.25, 0.3) is 0 Å². The third-order valence-corrected chi connectivity index (χ3v) is 3.36. The van der Waals surface area contributed by atoms with Gasteiger partial charge in [-0.3, -0.25) is 4.79 Å². The zero-order valence-electron chi connectivity index (χ0n) is 11.3. The van der Waals surface area contributed by atoms with Crippen molar-refractivity contribution in [1.82, 2.24) is 0 Å². The molecule has 1 aliphatic rings. The highest BCUT2D eigenvalue weighted by atomic mass is 16.5. The minimum absolute atomic E-state index is 0.115. The first kappa shape index (κ1) is 13.1. The first-order chi connectivity index (χ1) is 8.63. The lowest BCUT2D eigenvalue weighted by Gasteiger charge is -2.34. The van der Waals surface area contributed by atoms with Crippen molar-refractivity contribution in [3.8, 4) is 0 Å². The minimum Gasteiger partial charge on any atom is -0.377 e. The maximum atomic E-state index is 12.3. The Morgan fingerprint density at radius 3 is 2.83 bits per heavy atom. The largest absolute Gasteiger partial charge is 0.377 e. The zero-order chi connectivity index (χ0) is 13.1. The second-order valence-electron chi connectivity index (χ2n) is 5.22. The predicted octanol–water partition coefficient (Wildman–Crippen LogP) is 3.16. The Morgan fingerprint density at radius 1 is 1.44 bits per heavy atom. The van der Waals surface area contributed by atoms with Crippen molar-refractivity contribution in [2.24, 2.45) is 5.92 Å². The van der Waals surface area contributed by atoms with E-state index in [1.807, 2.05) is 23.1 Å². The van der Waals surface area contributed by atoms with Crippen molar-refractivity contribution in [3.63, 3.8) is 0 Å². The Balaban J connectivity index is 2.27. The second-order valence-corrected chi connectivity index (χ2v) is 5.22. The third-order valence-electron chi connectivity index (χ3n) is 3.36. The molecule has 0 aliphatic carbocycles. The summed E-state index contributed by atoms with van der Waals surface area (Å²) in [5, 5.41) is 0. The van der Waals surface area contributed by atoms with Crippen LogP contribution in [0.1, 0.15) is 38.4 Å². The second kappa shape index (κ2) is 5.53. The van der Waals surface area contributed by atoms with Crippen LogP contribution < -0.4 is 4.90 Å². The number of anilines is 1. The molecule has 0 fully saturated rings. The Hall–Kier alpha value is -1.35. The molecule has 0 bridgehead atoms. The quantitative estimate of drug-likeness (QED) is 0.821. The summed E-state index contributed by atoms with van der Waals surface area (Å²) < 4.78 is 5.49. The lowest BCUT2D eigenvalue weighted by molar-refractivity contribution is -0.119. The molecule has 0 saturated carbocycles. The number of amides is 1. The van der Waals surface area contributed by atoms with Crippen LogP contribution in [0.5, 0.6) is 0 Å². The standard InChI is InChI=1S/C15H21NO2/c1-11(2)10-15(17)16-9-8-14(18-3)12-6-4-5-7-13(12)16/h4-7,11,14H,8-10H2,1-3H3. The van der Waals surface area contributed by atoms with Gasteiger partial charge in [0, 0.05) is 31.3 Å². The summed E-state index contributed by atoms with van der Waals surface area (Å²) in [4.78, 5) is 14.2. The fourth-order valence-electron chi connectivity index (χ4n) is 2.49. The van der Waals surface area contributed by atoms with E-state index in [2.05, 4.69) is 19.9 Å². The molecule has 1 aromatic carbocycles. The molecule has 0 aromatic heterocycles. The number of benzene rings is 1. The monoisotopic (exact) mass is 247 g/mol. The predicted molar refractivity (Wildman–Crippen MR) is 72.6 cm³/mol. The number of rotatable bonds is 3. The van der Waals surface area contributed by atoms with Crippen LogP contribution in [-0.2, 0) is 9.53 Å². The van der Waals surface area contributed by atoms with Crippen molar-refractivity contribution in [3.05, 3.63) is 29.8 Å². The van der Waals surface area contributed by atoms with Gasteiger partial charge in [0.2, 0.25) is 5.91 Å². The van der Waals surface area contributed by atoms with Gasteiger partial charge in [-0.1, -0.05) is 32.0 Å². The van der Waals surface area contributed by atoms with E-state index in [1.54, 1.807) is 7.11 Å².